The van der Waals surface area contributed by atoms with Gasteiger partial charge in [0.1, 0.15) is 6.26 Å². The van der Waals surface area contributed by atoms with Gasteiger partial charge in [0.2, 0.25) is 5.62 Å². The Morgan fingerprint density at radius 1 is 0.944 bits per heavy atom. The Morgan fingerprint density at radius 2 is 1.64 bits per heavy atom. The largest absolute Gasteiger partial charge is 0.396 e. The molecule has 2 aromatic carbocycles. The third-order valence-electron chi connectivity index (χ3n) is 5.72. The first-order valence-corrected chi connectivity index (χ1v) is 11.8. The second-order valence-corrected chi connectivity index (χ2v) is 8.80. The summed E-state index contributed by atoms with van der Waals surface area (Å²) < 4.78 is 7.15. The van der Waals surface area contributed by atoms with Gasteiger partial charge in [-0.25, -0.2) is 19.1 Å². The van der Waals surface area contributed by atoms with Gasteiger partial charge in [0.15, 0.2) is 0 Å². The summed E-state index contributed by atoms with van der Waals surface area (Å²) in [4.78, 5) is 33.3. The molecule has 0 aliphatic carbocycles. The Bertz CT molecular complexity index is 1450. The number of benzene rings is 2. The van der Waals surface area contributed by atoms with Crippen LogP contribution in [0.3, 0.4) is 0 Å². The molecule has 2 aromatic heterocycles. The average molecular weight is 512 g/mol. The van der Waals surface area contributed by atoms with E-state index in [9.17, 15) is 19.8 Å². The van der Waals surface area contributed by atoms with Crippen LogP contribution in [0.15, 0.2) is 80.0 Å². The van der Waals surface area contributed by atoms with Crippen LogP contribution in [0.4, 0.5) is 5.69 Å². The first-order chi connectivity index (χ1) is 17.5. The van der Waals surface area contributed by atoms with E-state index < -0.39 is 17.3 Å². The standard InChI is InChI=1S/C25H26ClN5O5/c26-20-6-1-18(2-7-20)13-30-23(28-24(34)31(25(30)35)14-19(15-32)16-33)27-21-8-3-17(4-9-21)5-10-22-11-12-36-29-22/h1-4,6-9,11-12,19,32-33H,5,10,13-16H2,(H,27,28,34). The van der Waals surface area contributed by atoms with Crippen molar-refractivity contribution in [1.29, 1.82) is 0 Å². The molecular formula is C25H26ClN5O5. The Balaban J connectivity index is 1.70. The summed E-state index contributed by atoms with van der Waals surface area (Å²) >= 11 is 5.99. The third-order valence-corrected chi connectivity index (χ3v) is 5.98. The van der Waals surface area contributed by atoms with Gasteiger partial charge in [0.25, 0.3) is 0 Å². The number of nitrogens with zero attached hydrogens (tertiary/aromatic N) is 4. The van der Waals surface area contributed by atoms with Crippen molar-refractivity contribution in [3.05, 3.63) is 109 Å². The van der Waals surface area contributed by atoms with Crippen LogP contribution in [0, 0.1) is 5.92 Å². The molecule has 188 valence electrons. The van der Waals surface area contributed by atoms with E-state index in [-0.39, 0.29) is 31.9 Å². The van der Waals surface area contributed by atoms with Crippen molar-refractivity contribution in [1.82, 2.24) is 19.3 Å². The lowest BCUT2D eigenvalue weighted by Gasteiger charge is -2.15. The minimum absolute atomic E-state index is 0.0797. The molecule has 0 bridgehead atoms. The van der Waals surface area contributed by atoms with E-state index in [1.165, 1.54) is 4.57 Å². The van der Waals surface area contributed by atoms with Crippen LogP contribution in [0.25, 0.3) is 0 Å². The van der Waals surface area contributed by atoms with Crippen LogP contribution in [-0.4, -0.2) is 42.7 Å². The zero-order valence-corrected chi connectivity index (χ0v) is 20.1. The molecule has 0 unspecified atom stereocenters. The molecule has 10 nitrogen and oxygen atoms in total. The number of hydrogen-bond donors (Lipinski definition) is 3. The molecule has 0 aliphatic rings. The topological polar surface area (TPSA) is 139 Å². The number of rotatable bonds is 10. The maximum Gasteiger partial charge on any atom is 0.335 e. The van der Waals surface area contributed by atoms with E-state index in [0.717, 1.165) is 34.2 Å². The van der Waals surface area contributed by atoms with Gasteiger partial charge in [-0.05, 0) is 48.2 Å². The molecule has 4 aromatic rings. The zero-order chi connectivity index (χ0) is 25.5. The number of aliphatic hydroxyl groups excluding tert-OH is 2. The molecule has 0 spiro atoms. The first-order valence-electron chi connectivity index (χ1n) is 11.4. The summed E-state index contributed by atoms with van der Waals surface area (Å²) in [7, 11) is 0. The molecular weight excluding hydrogens is 486 g/mol. The number of aryl methyl sites for hydroxylation is 2. The van der Waals surface area contributed by atoms with Gasteiger partial charge in [-0.15, -0.1) is 0 Å². The van der Waals surface area contributed by atoms with Gasteiger partial charge in [0.05, 0.1) is 17.9 Å². The number of H-pyrrole nitrogens is 1. The lowest BCUT2D eigenvalue weighted by molar-refractivity contribution is 0.134. The summed E-state index contributed by atoms with van der Waals surface area (Å²) in [6, 6.07) is 16.3. The van der Waals surface area contributed by atoms with Crippen LogP contribution in [0.5, 0.6) is 0 Å². The van der Waals surface area contributed by atoms with E-state index in [4.69, 9.17) is 16.1 Å². The summed E-state index contributed by atoms with van der Waals surface area (Å²) in [6.07, 6.45) is 3.05. The van der Waals surface area contributed by atoms with Crippen LogP contribution in [0.2, 0.25) is 5.02 Å². The van der Waals surface area contributed by atoms with Gasteiger partial charge >= 0.3 is 11.4 Å². The molecule has 0 saturated heterocycles. The molecule has 0 atom stereocenters. The fraction of sp³-hybridized carbons (Fsp3) is 0.280. The van der Waals surface area contributed by atoms with Crippen molar-refractivity contribution in [2.75, 3.05) is 13.2 Å². The third kappa shape index (κ3) is 6.28. The first kappa shape index (κ1) is 25.4. The smallest absolute Gasteiger partial charge is 0.335 e. The number of aromatic amines is 1. The Labute approximate surface area is 210 Å². The van der Waals surface area contributed by atoms with E-state index >= 15 is 0 Å². The minimum atomic E-state index is -0.678. The van der Waals surface area contributed by atoms with Gasteiger partial charge in [0, 0.05) is 36.8 Å². The SMILES string of the molecule is O=c1[nH]/c(=N\c2ccc(CCc3ccon3)cc2)n(Cc2ccc(Cl)cc2)c(=O)n1CC(CO)CO. The highest BCUT2D eigenvalue weighted by molar-refractivity contribution is 6.30. The number of aromatic nitrogens is 4. The van der Waals surface area contributed by atoms with Crippen molar-refractivity contribution in [3.8, 4) is 0 Å². The number of aliphatic hydroxyl groups is 2. The number of hydrogen-bond acceptors (Lipinski definition) is 7. The molecule has 0 amide bonds. The molecule has 2 heterocycles. The maximum atomic E-state index is 13.3. The predicted octanol–water partition coefficient (Wildman–Crippen LogP) is 1.65. The fourth-order valence-electron chi connectivity index (χ4n) is 3.65. The van der Waals surface area contributed by atoms with Crippen molar-refractivity contribution in [3.63, 3.8) is 0 Å². The van der Waals surface area contributed by atoms with Crippen LogP contribution >= 0.6 is 11.6 Å². The van der Waals surface area contributed by atoms with E-state index in [1.54, 1.807) is 30.5 Å². The van der Waals surface area contributed by atoms with Gasteiger partial charge in [-0.3, -0.25) is 9.55 Å². The van der Waals surface area contributed by atoms with Gasteiger partial charge in [-0.2, -0.15) is 0 Å². The quantitative estimate of drug-likeness (QED) is 0.296. The highest BCUT2D eigenvalue weighted by Crippen LogP contribution is 2.14. The second kappa shape index (κ2) is 11.8. The number of nitrogens with one attached hydrogen (secondary N) is 1. The predicted molar refractivity (Wildman–Crippen MR) is 133 cm³/mol. The Hall–Kier alpha value is -3.73. The minimum Gasteiger partial charge on any atom is -0.396 e. The van der Waals surface area contributed by atoms with Crippen LogP contribution in [-0.2, 0) is 25.9 Å². The summed E-state index contributed by atoms with van der Waals surface area (Å²) in [5, 5.41) is 23.3. The fourth-order valence-corrected chi connectivity index (χ4v) is 3.77. The van der Waals surface area contributed by atoms with Crippen LogP contribution in [0.1, 0.15) is 16.8 Å². The molecule has 0 radical (unpaired) electrons. The highest BCUT2D eigenvalue weighted by atomic mass is 35.5. The Morgan fingerprint density at radius 3 is 2.28 bits per heavy atom. The van der Waals surface area contributed by atoms with Crippen molar-refractivity contribution in [2.45, 2.75) is 25.9 Å². The van der Waals surface area contributed by atoms with E-state index in [1.807, 2.05) is 30.3 Å². The van der Waals surface area contributed by atoms with Crippen molar-refractivity contribution >= 4 is 17.3 Å². The van der Waals surface area contributed by atoms with Gasteiger partial charge in [-0.1, -0.05) is 41.0 Å². The average Bonchev–Trinajstić information content (AvgIpc) is 3.41. The van der Waals surface area contributed by atoms with E-state index in [0.29, 0.717) is 10.7 Å². The summed E-state index contributed by atoms with van der Waals surface area (Å²) in [6.45, 7) is -0.740. The maximum absolute atomic E-state index is 13.3. The lowest BCUT2D eigenvalue weighted by atomic mass is 10.1. The lowest BCUT2D eigenvalue weighted by Crippen LogP contribution is -2.51. The molecule has 3 N–H and O–H groups in total. The van der Waals surface area contributed by atoms with Crippen molar-refractivity contribution < 1.29 is 14.7 Å². The molecule has 0 aliphatic heterocycles. The van der Waals surface area contributed by atoms with E-state index in [2.05, 4.69) is 15.1 Å². The molecule has 11 heteroatoms. The van der Waals surface area contributed by atoms with Crippen LogP contribution < -0.4 is 17.0 Å². The van der Waals surface area contributed by atoms with Crippen molar-refractivity contribution in [2.24, 2.45) is 10.9 Å². The summed E-state index contributed by atoms with van der Waals surface area (Å²) in [5.74, 6) is -0.652. The molecule has 0 fully saturated rings. The second-order valence-electron chi connectivity index (χ2n) is 8.36. The highest BCUT2D eigenvalue weighted by Gasteiger charge is 2.14. The molecule has 0 saturated carbocycles. The summed E-state index contributed by atoms with van der Waals surface area (Å²) in [5.41, 5.74) is 2.08. The molecule has 36 heavy (non-hydrogen) atoms. The normalized spacial score (nSPS) is 11.9. The number of halogens is 1. The molecule has 4 rings (SSSR count). The Kier molecular flexibility index (Phi) is 8.32. The van der Waals surface area contributed by atoms with Gasteiger partial charge < -0.3 is 14.7 Å². The zero-order valence-electron chi connectivity index (χ0n) is 19.4. The monoisotopic (exact) mass is 511 g/mol.